The summed E-state index contributed by atoms with van der Waals surface area (Å²) < 4.78 is 4.52. The summed E-state index contributed by atoms with van der Waals surface area (Å²) in [5.74, 6) is -0.662. The maximum absolute atomic E-state index is 11.2. The van der Waals surface area contributed by atoms with Crippen molar-refractivity contribution >= 4 is 23.4 Å². The normalized spacial score (nSPS) is 9.64. The number of benzene rings is 1. The average molecular weight is 213 g/mol. The number of carbonyl (C=O) groups is 2. The van der Waals surface area contributed by atoms with Crippen LogP contribution in [0.1, 0.15) is 27.6 Å². The second-order valence-corrected chi connectivity index (χ2v) is 3.15. The van der Waals surface area contributed by atoms with Gasteiger partial charge in [0.25, 0.3) is 0 Å². The summed E-state index contributed by atoms with van der Waals surface area (Å²) in [5.41, 5.74) is 0.650. The molecule has 1 aromatic rings. The first kappa shape index (κ1) is 10.7. The van der Waals surface area contributed by atoms with E-state index in [-0.39, 0.29) is 16.4 Å². The topological polar surface area (TPSA) is 43.4 Å². The van der Waals surface area contributed by atoms with Crippen molar-refractivity contribution < 1.29 is 14.3 Å². The Bertz CT molecular complexity index is 385. The molecule has 0 aromatic heterocycles. The largest absolute Gasteiger partial charge is 0.465 e. The van der Waals surface area contributed by atoms with E-state index in [9.17, 15) is 9.59 Å². The van der Waals surface area contributed by atoms with Gasteiger partial charge in [0.1, 0.15) is 0 Å². The fraction of sp³-hybridized carbons (Fsp3) is 0.200. The Morgan fingerprint density at radius 2 is 2.00 bits per heavy atom. The Morgan fingerprint density at radius 3 is 2.50 bits per heavy atom. The zero-order chi connectivity index (χ0) is 10.7. The lowest BCUT2D eigenvalue weighted by atomic mass is 10.1. The van der Waals surface area contributed by atoms with Gasteiger partial charge in [-0.3, -0.25) is 4.79 Å². The van der Waals surface area contributed by atoms with Crippen molar-refractivity contribution in [3.8, 4) is 0 Å². The predicted octanol–water partition coefficient (Wildman–Crippen LogP) is 2.33. The van der Waals surface area contributed by atoms with Crippen LogP contribution in [-0.4, -0.2) is 18.9 Å². The van der Waals surface area contributed by atoms with Crippen LogP contribution in [0.4, 0.5) is 0 Å². The Labute approximate surface area is 86.6 Å². The smallest absolute Gasteiger partial charge is 0.339 e. The maximum atomic E-state index is 11.2. The van der Waals surface area contributed by atoms with Crippen LogP contribution in [0.25, 0.3) is 0 Å². The van der Waals surface area contributed by atoms with E-state index < -0.39 is 5.97 Å². The first-order valence-electron chi connectivity index (χ1n) is 3.95. The number of hydrogen-bond donors (Lipinski definition) is 0. The molecular formula is C10H9ClO3. The number of ether oxygens (including phenoxy) is 1. The molecule has 0 saturated heterocycles. The fourth-order valence-corrected chi connectivity index (χ4v) is 1.21. The van der Waals surface area contributed by atoms with E-state index >= 15 is 0 Å². The summed E-state index contributed by atoms with van der Waals surface area (Å²) in [6.45, 7) is 1.42. The summed E-state index contributed by atoms with van der Waals surface area (Å²) >= 11 is 5.76. The van der Waals surface area contributed by atoms with E-state index in [0.29, 0.717) is 5.56 Å². The van der Waals surface area contributed by atoms with E-state index in [2.05, 4.69) is 4.74 Å². The second kappa shape index (κ2) is 4.24. The molecule has 4 heteroatoms. The number of esters is 1. The van der Waals surface area contributed by atoms with Crippen LogP contribution < -0.4 is 0 Å². The molecule has 0 unspecified atom stereocenters. The van der Waals surface area contributed by atoms with Gasteiger partial charge >= 0.3 is 5.97 Å². The molecule has 14 heavy (non-hydrogen) atoms. The third-order valence-electron chi connectivity index (χ3n) is 1.78. The molecule has 0 fully saturated rings. The third kappa shape index (κ3) is 2.12. The molecule has 0 amide bonds. The van der Waals surface area contributed by atoms with Crippen molar-refractivity contribution in [1.29, 1.82) is 0 Å². The first-order chi connectivity index (χ1) is 6.56. The molecule has 0 heterocycles. The quantitative estimate of drug-likeness (QED) is 0.558. The van der Waals surface area contributed by atoms with Gasteiger partial charge in [-0.15, -0.1) is 0 Å². The first-order valence-corrected chi connectivity index (χ1v) is 4.33. The summed E-state index contributed by atoms with van der Waals surface area (Å²) in [6.07, 6.45) is 0. The highest BCUT2D eigenvalue weighted by atomic mass is 35.5. The van der Waals surface area contributed by atoms with Crippen LogP contribution in [0.15, 0.2) is 18.2 Å². The SMILES string of the molecule is COC(=O)c1cc(C(C)=O)ccc1Cl. The van der Waals surface area contributed by atoms with Crippen LogP contribution in [0, 0.1) is 0 Å². The molecule has 0 aliphatic heterocycles. The Kier molecular flexibility index (Phi) is 3.25. The average Bonchev–Trinajstić information content (AvgIpc) is 2.17. The lowest BCUT2D eigenvalue weighted by Gasteiger charge is -2.03. The third-order valence-corrected chi connectivity index (χ3v) is 2.11. The summed E-state index contributed by atoms with van der Waals surface area (Å²) in [7, 11) is 1.26. The highest BCUT2D eigenvalue weighted by Crippen LogP contribution is 2.18. The molecule has 0 spiro atoms. The molecule has 3 nitrogen and oxygen atoms in total. The molecule has 0 aliphatic rings. The number of Topliss-reactive ketones (excluding diaryl/α,β-unsaturated/α-hetero) is 1. The Hall–Kier alpha value is -1.35. The lowest BCUT2D eigenvalue weighted by Crippen LogP contribution is -2.04. The van der Waals surface area contributed by atoms with Crippen LogP contribution >= 0.6 is 11.6 Å². The van der Waals surface area contributed by atoms with Gasteiger partial charge in [0.05, 0.1) is 17.7 Å². The fourth-order valence-electron chi connectivity index (χ4n) is 1.01. The van der Waals surface area contributed by atoms with E-state index in [1.54, 1.807) is 6.07 Å². The molecule has 0 saturated carbocycles. The molecule has 0 aliphatic carbocycles. The minimum absolute atomic E-state index is 0.119. The number of carbonyl (C=O) groups excluding carboxylic acids is 2. The monoisotopic (exact) mass is 212 g/mol. The van der Waals surface area contributed by atoms with Crippen molar-refractivity contribution in [3.63, 3.8) is 0 Å². The molecule has 0 bridgehead atoms. The highest BCUT2D eigenvalue weighted by Gasteiger charge is 2.12. The van der Waals surface area contributed by atoms with Gasteiger partial charge in [-0.05, 0) is 25.1 Å². The van der Waals surface area contributed by atoms with Crippen LogP contribution in [-0.2, 0) is 4.74 Å². The molecule has 74 valence electrons. The Balaban J connectivity index is 3.21. The van der Waals surface area contributed by atoms with Gasteiger partial charge in [-0.1, -0.05) is 11.6 Å². The Morgan fingerprint density at radius 1 is 1.36 bits per heavy atom. The summed E-state index contributed by atoms with van der Waals surface area (Å²) in [5, 5.41) is 0.279. The standard InChI is InChI=1S/C10H9ClO3/c1-6(12)7-3-4-9(11)8(5-7)10(13)14-2/h3-5H,1-2H3. The zero-order valence-corrected chi connectivity index (χ0v) is 8.59. The van der Waals surface area contributed by atoms with Gasteiger partial charge in [0, 0.05) is 5.56 Å². The van der Waals surface area contributed by atoms with E-state index in [0.717, 1.165) is 0 Å². The molecule has 0 atom stereocenters. The van der Waals surface area contributed by atoms with E-state index in [1.807, 2.05) is 0 Å². The van der Waals surface area contributed by atoms with Gasteiger partial charge in [-0.2, -0.15) is 0 Å². The minimum Gasteiger partial charge on any atom is -0.465 e. The minimum atomic E-state index is -0.543. The number of ketones is 1. The van der Waals surface area contributed by atoms with Gasteiger partial charge < -0.3 is 4.74 Å². The van der Waals surface area contributed by atoms with Gasteiger partial charge in [-0.25, -0.2) is 4.79 Å². The number of hydrogen-bond acceptors (Lipinski definition) is 3. The molecular weight excluding hydrogens is 204 g/mol. The number of rotatable bonds is 2. The van der Waals surface area contributed by atoms with Crippen molar-refractivity contribution in [1.82, 2.24) is 0 Å². The van der Waals surface area contributed by atoms with Crippen molar-refractivity contribution in [2.45, 2.75) is 6.92 Å². The highest BCUT2D eigenvalue weighted by molar-refractivity contribution is 6.33. The summed E-state index contributed by atoms with van der Waals surface area (Å²) in [4.78, 5) is 22.2. The van der Waals surface area contributed by atoms with Crippen molar-refractivity contribution in [2.24, 2.45) is 0 Å². The van der Waals surface area contributed by atoms with Crippen molar-refractivity contribution in [3.05, 3.63) is 34.3 Å². The number of methoxy groups -OCH3 is 1. The van der Waals surface area contributed by atoms with Gasteiger partial charge in [0.15, 0.2) is 5.78 Å². The zero-order valence-electron chi connectivity index (χ0n) is 7.83. The van der Waals surface area contributed by atoms with Gasteiger partial charge in [0.2, 0.25) is 0 Å². The molecule has 1 rings (SSSR count). The van der Waals surface area contributed by atoms with E-state index in [1.165, 1.54) is 26.2 Å². The van der Waals surface area contributed by atoms with Crippen molar-refractivity contribution in [2.75, 3.05) is 7.11 Å². The predicted molar refractivity (Wildman–Crippen MR) is 52.8 cm³/mol. The van der Waals surface area contributed by atoms with E-state index in [4.69, 9.17) is 11.6 Å². The lowest BCUT2D eigenvalue weighted by molar-refractivity contribution is 0.0601. The van der Waals surface area contributed by atoms with Crippen LogP contribution in [0.3, 0.4) is 0 Å². The molecule has 0 radical (unpaired) electrons. The second-order valence-electron chi connectivity index (χ2n) is 2.74. The molecule has 1 aromatic carbocycles. The molecule has 0 N–H and O–H groups in total. The van der Waals surface area contributed by atoms with Crippen LogP contribution in [0.5, 0.6) is 0 Å². The van der Waals surface area contributed by atoms with Crippen LogP contribution in [0.2, 0.25) is 5.02 Å². The number of halogens is 1. The maximum Gasteiger partial charge on any atom is 0.339 e. The summed E-state index contributed by atoms with van der Waals surface area (Å²) in [6, 6.07) is 4.50.